The topological polar surface area (TPSA) is 33.3 Å². The molecule has 0 aromatic heterocycles. The van der Waals surface area contributed by atoms with Gasteiger partial charge in [-0.25, -0.2) is 0 Å². The van der Waals surface area contributed by atoms with E-state index in [0.29, 0.717) is 6.04 Å². The predicted molar refractivity (Wildman–Crippen MR) is 77.2 cm³/mol. The average molecular weight is 266 g/mol. The quantitative estimate of drug-likeness (QED) is 0.608. The lowest BCUT2D eigenvalue weighted by molar-refractivity contribution is 0.0742. The van der Waals surface area contributed by atoms with Crippen molar-refractivity contribution in [2.75, 3.05) is 32.6 Å². The summed E-state index contributed by atoms with van der Waals surface area (Å²) >= 11 is 1.78. The Morgan fingerprint density at radius 2 is 2.22 bits per heavy atom. The minimum atomic E-state index is 0.519. The Morgan fingerprint density at radius 1 is 1.39 bits per heavy atom. The van der Waals surface area contributed by atoms with Crippen LogP contribution in [0, 0.1) is 0 Å². The summed E-state index contributed by atoms with van der Waals surface area (Å²) < 4.78 is 5.43. The summed E-state index contributed by atoms with van der Waals surface area (Å²) in [4.78, 5) is 1.32. The van der Waals surface area contributed by atoms with Crippen LogP contribution in [0.2, 0.25) is 0 Å². The van der Waals surface area contributed by atoms with Gasteiger partial charge in [0.05, 0.1) is 13.2 Å². The zero-order valence-corrected chi connectivity index (χ0v) is 11.8. The fraction of sp³-hybridized carbons (Fsp3) is 0.571. The van der Waals surface area contributed by atoms with Gasteiger partial charge in [0.25, 0.3) is 0 Å². The van der Waals surface area contributed by atoms with Gasteiger partial charge in [0.15, 0.2) is 0 Å². The van der Waals surface area contributed by atoms with Crippen LogP contribution in [0.3, 0.4) is 0 Å². The van der Waals surface area contributed by atoms with Crippen molar-refractivity contribution in [3.05, 3.63) is 29.8 Å². The van der Waals surface area contributed by atoms with Crippen LogP contribution >= 0.6 is 11.8 Å². The highest BCUT2D eigenvalue weighted by Crippen LogP contribution is 2.14. The molecule has 1 aromatic rings. The predicted octanol–water partition coefficient (Wildman–Crippen LogP) is 1.88. The van der Waals surface area contributed by atoms with Crippen LogP contribution in [0.4, 0.5) is 0 Å². The lowest BCUT2D eigenvalue weighted by atomic mass is 10.2. The zero-order valence-electron chi connectivity index (χ0n) is 10.9. The molecule has 2 rings (SSSR count). The molecule has 1 aliphatic rings. The maximum absolute atomic E-state index is 5.43. The molecule has 18 heavy (non-hydrogen) atoms. The molecule has 3 nitrogen and oxygen atoms in total. The van der Waals surface area contributed by atoms with Gasteiger partial charge in [-0.3, -0.25) is 0 Å². The molecule has 0 aliphatic carbocycles. The van der Waals surface area contributed by atoms with Crippen LogP contribution in [0.5, 0.6) is 0 Å². The summed E-state index contributed by atoms with van der Waals surface area (Å²) in [5.74, 6) is 0. The molecule has 1 atom stereocenters. The van der Waals surface area contributed by atoms with E-state index in [1.54, 1.807) is 11.8 Å². The Bertz CT molecular complexity index is 336. The van der Waals surface area contributed by atoms with Crippen molar-refractivity contribution < 1.29 is 4.74 Å². The lowest BCUT2D eigenvalue weighted by Crippen LogP contribution is -2.42. The summed E-state index contributed by atoms with van der Waals surface area (Å²) in [6, 6.07) is 9.27. The van der Waals surface area contributed by atoms with Gasteiger partial charge < -0.3 is 15.4 Å². The molecular formula is C14H22N2OS. The van der Waals surface area contributed by atoms with Gasteiger partial charge >= 0.3 is 0 Å². The van der Waals surface area contributed by atoms with E-state index in [9.17, 15) is 0 Å². The summed E-state index contributed by atoms with van der Waals surface area (Å²) in [5, 5.41) is 6.95. The third-order valence-corrected chi connectivity index (χ3v) is 3.90. The summed E-state index contributed by atoms with van der Waals surface area (Å²) in [5.41, 5.74) is 1.35. The fourth-order valence-electron chi connectivity index (χ4n) is 2.06. The van der Waals surface area contributed by atoms with Crippen LogP contribution in [-0.4, -0.2) is 38.6 Å². The summed E-state index contributed by atoms with van der Waals surface area (Å²) in [6.45, 7) is 4.67. The Kier molecular flexibility index (Phi) is 6.00. The molecule has 0 spiro atoms. The lowest BCUT2D eigenvalue weighted by Gasteiger charge is -2.23. The summed E-state index contributed by atoms with van der Waals surface area (Å²) in [6.07, 6.45) is 3.23. The number of hydrogen-bond acceptors (Lipinski definition) is 4. The first kappa shape index (κ1) is 13.9. The maximum atomic E-state index is 5.43. The Morgan fingerprint density at radius 3 is 2.89 bits per heavy atom. The zero-order chi connectivity index (χ0) is 12.6. The molecule has 1 heterocycles. The van der Waals surface area contributed by atoms with E-state index in [2.05, 4.69) is 41.2 Å². The van der Waals surface area contributed by atoms with Crippen molar-refractivity contribution in [1.29, 1.82) is 0 Å². The van der Waals surface area contributed by atoms with Crippen LogP contribution in [0.1, 0.15) is 12.0 Å². The van der Waals surface area contributed by atoms with Crippen LogP contribution in [0.15, 0.2) is 29.2 Å². The number of thioether (sulfide) groups is 1. The number of benzene rings is 1. The van der Waals surface area contributed by atoms with E-state index >= 15 is 0 Å². The first-order valence-corrected chi connectivity index (χ1v) is 7.76. The Balaban J connectivity index is 1.62. The molecular weight excluding hydrogens is 244 g/mol. The van der Waals surface area contributed by atoms with Crippen LogP contribution in [-0.2, 0) is 11.3 Å². The van der Waals surface area contributed by atoms with Gasteiger partial charge in [-0.05, 0) is 36.9 Å². The fourth-order valence-corrected chi connectivity index (χ4v) is 2.47. The largest absolute Gasteiger partial charge is 0.379 e. The first-order chi connectivity index (χ1) is 8.88. The standard InChI is InChI=1S/C14H22N2OS/c1-18-14-4-2-12(3-5-14)10-15-7-6-13-11-17-9-8-16-13/h2-5,13,15-16H,6-11H2,1H3. The molecule has 1 aromatic carbocycles. The van der Waals surface area contributed by atoms with Gasteiger partial charge in [0.2, 0.25) is 0 Å². The summed E-state index contributed by atoms with van der Waals surface area (Å²) in [7, 11) is 0. The molecule has 4 heteroatoms. The van der Waals surface area contributed by atoms with Gasteiger partial charge in [-0.15, -0.1) is 11.8 Å². The van der Waals surface area contributed by atoms with Gasteiger partial charge in [0.1, 0.15) is 0 Å². The van der Waals surface area contributed by atoms with Crippen molar-refractivity contribution in [1.82, 2.24) is 10.6 Å². The number of ether oxygens (including phenoxy) is 1. The van der Waals surface area contributed by atoms with E-state index < -0.39 is 0 Å². The second-order valence-corrected chi connectivity index (χ2v) is 5.42. The molecule has 100 valence electrons. The molecule has 0 saturated carbocycles. The normalized spacial score (nSPS) is 19.9. The van der Waals surface area contributed by atoms with Gasteiger partial charge in [-0.1, -0.05) is 12.1 Å². The molecule has 0 bridgehead atoms. The second-order valence-electron chi connectivity index (χ2n) is 4.54. The Hall–Kier alpha value is -0.550. The highest BCUT2D eigenvalue weighted by molar-refractivity contribution is 7.98. The van der Waals surface area contributed by atoms with E-state index in [1.807, 2.05) is 0 Å². The molecule has 0 amide bonds. The van der Waals surface area contributed by atoms with Crippen LogP contribution in [0.25, 0.3) is 0 Å². The van der Waals surface area contributed by atoms with Crippen molar-refractivity contribution in [3.63, 3.8) is 0 Å². The van der Waals surface area contributed by atoms with Crippen molar-refractivity contribution in [3.8, 4) is 0 Å². The average Bonchev–Trinajstić information content (AvgIpc) is 2.45. The van der Waals surface area contributed by atoms with Crippen molar-refractivity contribution in [2.24, 2.45) is 0 Å². The monoisotopic (exact) mass is 266 g/mol. The highest BCUT2D eigenvalue weighted by atomic mass is 32.2. The molecule has 0 radical (unpaired) electrons. The van der Waals surface area contributed by atoms with Gasteiger partial charge in [0, 0.05) is 24.0 Å². The van der Waals surface area contributed by atoms with Crippen molar-refractivity contribution in [2.45, 2.75) is 23.9 Å². The molecule has 1 fully saturated rings. The number of rotatable bonds is 6. The minimum absolute atomic E-state index is 0.519. The smallest absolute Gasteiger partial charge is 0.0620 e. The number of nitrogens with one attached hydrogen (secondary N) is 2. The third-order valence-electron chi connectivity index (χ3n) is 3.16. The van der Waals surface area contributed by atoms with Gasteiger partial charge in [-0.2, -0.15) is 0 Å². The third kappa shape index (κ3) is 4.61. The number of morpholine rings is 1. The molecule has 2 N–H and O–H groups in total. The van der Waals surface area contributed by atoms with Crippen molar-refractivity contribution >= 4 is 11.8 Å². The SMILES string of the molecule is CSc1ccc(CNCCC2COCCN2)cc1. The molecule has 1 aliphatic heterocycles. The van der Waals surface area contributed by atoms with E-state index in [0.717, 1.165) is 39.3 Å². The van der Waals surface area contributed by atoms with E-state index in [-0.39, 0.29) is 0 Å². The number of hydrogen-bond donors (Lipinski definition) is 2. The molecule has 1 unspecified atom stereocenters. The highest BCUT2D eigenvalue weighted by Gasteiger charge is 2.11. The molecule has 1 saturated heterocycles. The second kappa shape index (κ2) is 7.79. The minimum Gasteiger partial charge on any atom is -0.379 e. The van der Waals surface area contributed by atoms with E-state index in [4.69, 9.17) is 4.74 Å². The van der Waals surface area contributed by atoms with Crippen LogP contribution < -0.4 is 10.6 Å². The first-order valence-electron chi connectivity index (χ1n) is 6.53. The Labute approximate surface area is 114 Å². The van der Waals surface area contributed by atoms with E-state index in [1.165, 1.54) is 10.5 Å². The maximum Gasteiger partial charge on any atom is 0.0620 e.